The fourth-order valence-electron chi connectivity index (χ4n) is 2.01. The Bertz CT molecular complexity index is 404. The van der Waals surface area contributed by atoms with Crippen molar-refractivity contribution in [3.8, 4) is 0 Å². The standard InChI is InChI=1S/C13H17FN2O.ClH/c1-15-8-9-16-12(17)13(6-7-13)10-2-4-11(14)5-3-10;/h2-5,15H,6-9H2,1H3,(H,16,17);1H. The molecule has 0 bridgehead atoms. The minimum absolute atomic E-state index is 0. The lowest BCUT2D eigenvalue weighted by atomic mass is 9.95. The van der Waals surface area contributed by atoms with Gasteiger partial charge < -0.3 is 10.6 Å². The Hall–Kier alpha value is -1.13. The molecule has 0 spiro atoms. The summed E-state index contributed by atoms with van der Waals surface area (Å²) in [7, 11) is 1.85. The lowest BCUT2D eigenvalue weighted by molar-refractivity contribution is -0.123. The van der Waals surface area contributed by atoms with E-state index in [1.165, 1.54) is 12.1 Å². The maximum atomic E-state index is 12.8. The molecule has 1 saturated carbocycles. The number of hydrogen-bond acceptors (Lipinski definition) is 2. The molecule has 1 fully saturated rings. The lowest BCUT2D eigenvalue weighted by Crippen LogP contribution is -2.38. The number of benzene rings is 1. The average molecular weight is 273 g/mol. The van der Waals surface area contributed by atoms with Crippen molar-refractivity contribution in [2.75, 3.05) is 20.1 Å². The van der Waals surface area contributed by atoms with Crippen molar-refractivity contribution in [1.82, 2.24) is 10.6 Å². The van der Waals surface area contributed by atoms with Gasteiger partial charge in [0, 0.05) is 13.1 Å². The van der Waals surface area contributed by atoms with Crippen molar-refractivity contribution in [1.29, 1.82) is 0 Å². The molecule has 1 amide bonds. The molecule has 2 N–H and O–H groups in total. The largest absolute Gasteiger partial charge is 0.354 e. The highest BCUT2D eigenvalue weighted by Gasteiger charge is 2.50. The molecule has 3 nitrogen and oxygen atoms in total. The van der Waals surface area contributed by atoms with Crippen LogP contribution in [0.25, 0.3) is 0 Å². The third-order valence-corrected chi connectivity index (χ3v) is 3.24. The molecule has 1 aromatic rings. The van der Waals surface area contributed by atoms with Crippen molar-refractivity contribution in [2.45, 2.75) is 18.3 Å². The van der Waals surface area contributed by atoms with E-state index in [0.717, 1.165) is 24.9 Å². The van der Waals surface area contributed by atoms with Crippen LogP contribution >= 0.6 is 12.4 Å². The predicted molar refractivity (Wildman–Crippen MR) is 71.5 cm³/mol. The van der Waals surface area contributed by atoms with Crippen molar-refractivity contribution >= 4 is 18.3 Å². The summed E-state index contributed by atoms with van der Waals surface area (Å²) < 4.78 is 12.8. The number of halogens is 2. The quantitative estimate of drug-likeness (QED) is 0.800. The normalized spacial score (nSPS) is 15.7. The summed E-state index contributed by atoms with van der Waals surface area (Å²) in [5.41, 5.74) is 0.516. The van der Waals surface area contributed by atoms with Gasteiger partial charge in [-0.3, -0.25) is 4.79 Å². The highest BCUT2D eigenvalue weighted by Crippen LogP contribution is 2.48. The van der Waals surface area contributed by atoms with Crippen LogP contribution in [0.2, 0.25) is 0 Å². The van der Waals surface area contributed by atoms with Crippen LogP contribution in [-0.2, 0) is 10.2 Å². The monoisotopic (exact) mass is 272 g/mol. The van der Waals surface area contributed by atoms with Crippen molar-refractivity contribution < 1.29 is 9.18 Å². The Kier molecular flexibility index (Phi) is 5.11. The summed E-state index contributed by atoms with van der Waals surface area (Å²) in [5, 5.41) is 5.88. The Labute approximate surface area is 113 Å². The number of carbonyl (C=O) groups excluding carboxylic acids is 1. The Morgan fingerprint density at radius 1 is 1.28 bits per heavy atom. The van der Waals surface area contributed by atoms with E-state index in [2.05, 4.69) is 10.6 Å². The molecule has 0 saturated heterocycles. The highest BCUT2D eigenvalue weighted by atomic mass is 35.5. The SMILES string of the molecule is CNCCNC(=O)C1(c2ccc(F)cc2)CC1.Cl. The molecule has 1 aliphatic rings. The molecule has 1 aliphatic carbocycles. The van der Waals surface area contributed by atoms with Gasteiger partial charge in [0.2, 0.25) is 5.91 Å². The molecule has 2 rings (SSSR count). The van der Waals surface area contributed by atoms with Crippen LogP contribution in [0, 0.1) is 5.82 Å². The van der Waals surface area contributed by atoms with Gasteiger partial charge in [-0.15, -0.1) is 12.4 Å². The molecule has 0 radical (unpaired) electrons. The average Bonchev–Trinajstić information content (AvgIpc) is 3.11. The lowest BCUT2D eigenvalue weighted by Gasteiger charge is -2.15. The highest BCUT2D eigenvalue weighted by molar-refractivity contribution is 5.91. The van der Waals surface area contributed by atoms with Crippen LogP contribution in [0.3, 0.4) is 0 Å². The molecule has 18 heavy (non-hydrogen) atoms. The van der Waals surface area contributed by atoms with Crippen LogP contribution in [-0.4, -0.2) is 26.0 Å². The first-order valence-corrected chi connectivity index (χ1v) is 5.88. The van der Waals surface area contributed by atoms with Crippen LogP contribution in [0.15, 0.2) is 24.3 Å². The zero-order valence-electron chi connectivity index (χ0n) is 10.3. The summed E-state index contributed by atoms with van der Waals surface area (Å²) in [6.07, 6.45) is 1.70. The first-order valence-electron chi connectivity index (χ1n) is 5.88. The molecular weight excluding hydrogens is 255 g/mol. The first-order chi connectivity index (χ1) is 8.19. The number of carbonyl (C=O) groups is 1. The van der Waals surface area contributed by atoms with E-state index >= 15 is 0 Å². The third-order valence-electron chi connectivity index (χ3n) is 3.24. The second-order valence-corrected chi connectivity index (χ2v) is 4.45. The van der Waals surface area contributed by atoms with E-state index in [1.54, 1.807) is 12.1 Å². The van der Waals surface area contributed by atoms with Crippen molar-refractivity contribution in [3.05, 3.63) is 35.6 Å². The zero-order chi connectivity index (χ0) is 12.3. The fourth-order valence-corrected chi connectivity index (χ4v) is 2.01. The van der Waals surface area contributed by atoms with Gasteiger partial charge in [0.25, 0.3) is 0 Å². The molecule has 5 heteroatoms. The van der Waals surface area contributed by atoms with E-state index < -0.39 is 5.41 Å². The Morgan fingerprint density at radius 3 is 2.39 bits per heavy atom. The molecule has 0 aromatic heterocycles. The topological polar surface area (TPSA) is 41.1 Å². The van der Waals surface area contributed by atoms with Gasteiger partial charge in [-0.2, -0.15) is 0 Å². The minimum Gasteiger partial charge on any atom is -0.354 e. The molecule has 0 unspecified atom stereocenters. The number of rotatable bonds is 5. The van der Waals surface area contributed by atoms with Gasteiger partial charge in [-0.05, 0) is 37.6 Å². The van der Waals surface area contributed by atoms with Gasteiger partial charge in [-0.1, -0.05) is 12.1 Å². The smallest absolute Gasteiger partial charge is 0.230 e. The number of nitrogens with one attached hydrogen (secondary N) is 2. The van der Waals surface area contributed by atoms with Crippen LogP contribution in [0.1, 0.15) is 18.4 Å². The molecule has 0 atom stereocenters. The zero-order valence-corrected chi connectivity index (χ0v) is 11.1. The number of hydrogen-bond donors (Lipinski definition) is 2. The van der Waals surface area contributed by atoms with Gasteiger partial charge >= 0.3 is 0 Å². The van der Waals surface area contributed by atoms with Crippen LogP contribution < -0.4 is 10.6 Å². The summed E-state index contributed by atoms with van der Waals surface area (Å²) in [4.78, 5) is 12.1. The maximum Gasteiger partial charge on any atom is 0.230 e. The van der Waals surface area contributed by atoms with E-state index in [1.807, 2.05) is 7.05 Å². The van der Waals surface area contributed by atoms with E-state index in [4.69, 9.17) is 0 Å². The molecule has 1 aromatic carbocycles. The van der Waals surface area contributed by atoms with Crippen molar-refractivity contribution in [2.24, 2.45) is 0 Å². The summed E-state index contributed by atoms with van der Waals surface area (Å²) in [6, 6.07) is 6.24. The summed E-state index contributed by atoms with van der Waals surface area (Å²) in [6.45, 7) is 1.38. The van der Waals surface area contributed by atoms with Crippen LogP contribution in [0.4, 0.5) is 4.39 Å². The second kappa shape index (κ2) is 6.16. The van der Waals surface area contributed by atoms with Gasteiger partial charge in [0.1, 0.15) is 5.82 Å². The van der Waals surface area contributed by atoms with E-state index in [0.29, 0.717) is 6.54 Å². The number of likely N-dealkylation sites (N-methyl/N-ethyl adjacent to an activating group) is 1. The van der Waals surface area contributed by atoms with E-state index in [-0.39, 0.29) is 24.1 Å². The predicted octanol–water partition coefficient (Wildman–Crippen LogP) is 1.61. The van der Waals surface area contributed by atoms with Crippen molar-refractivity contribution in [3.63, 3.8) is 0 Å². The molecule has 100 valence electrons. The van der Waals surface area contributed by atoms with Gasteiger partial charge in [0.05, 0.1) is 5.41 Å². The second-order valence-electron chi connectivity index (χ2n) is 4.45. The Morgan fingerprint density at radius 2 is 1.89 bits per heavy atom. The summed E-state index contributed by atoms with van der Waals surface area (Å²) >= 11 is 0. The summed E-state index contributed by atoms with van der Waals surface area (Å²) in [5.74, 6) is -0.209. The number of amides is 1. The fraction of sp³-hybridized carbons (Fsp3) is 0.462. The van der Waals surface area contributed by atoms with Crippen LogP contribution in [0.5, 0.6) is 0 Å². The molecule has 0 aliphatic heterocycles. The van der Waals surface area contributed by atoms with E-state index in [9.17, 15) is 9.18 Å². The first kappa shape index (κ1) is 14.9. The third kappa shape index (κ3) is 3.00. The Balaban J connectivity index is 0.00000162. The molecule has 0 heterocycles. The van der Waals surface area contributed by atoms with Gasteiger partial charge in [-0.25, -0.2) is 4.39 Å². The van der Waals surface area contributed by atoms with Gasteiger partial charge in [0.15, 0.2) is 0 Å². The minimum atomic E-state index is -0.401. The molecular formula is C13H18ClFN2O. The maximum absolute atomic E-state index is 12.8.